The number of hydrogen-bond donors (Lipinski definition) is 1. The Labute approximate surface area is 201 Å². The minimum absolute atomic E-state index is 0.0682. The van der Waals surface area contributed by atoms with Gasteiger partial charge < -0.3 is 10.1 Å². The van der Waals surface area contributed by atoms with Crippen LogP contribution in [0.2, 0.25) is 0 Å². The predicted octanol–water partition coefficient (Wildman–Crippen LogP) is 4.54. The first-order valence-corrected chi connectivity index (χ1v) is 12.5. The molecular weight excluding hydrogens is 511 g/mol. The molecule has 0 bridgehead atoms. The number of carbonyl (C=O) groups is 1. The first kappa shape index (κ1) is 24.7. The van der Waals surface area contributed by atoms with Crippen molar-refractivity contribution < 1.29 is 22.3 Å². The number of rotatable bonds is 10. The lowest BCUT2D eigenvalue weighted by molar-refractivity contribution is -0.119. The highest BCUT2D eigenvalue weighted by Crippen LogP contribution is 2.26. The van der Waals surface area contributed by atoms with E-state index in [4.69, 9.17) is 4.74 Å². The topological polar surface area (TPSA) is 75.7 Å². The van der Waals surface area contributed by atoms with Crippen molar-refractivity contribution in [3.63, 3.8) is 0 Å². The highest BCUT2D eigenvalue weighted by molar-refractivity contribution is 9.10. The summed E-state index contributed by atoms with van der Waals surface area (Å²) in [6.07, 6.45) is 0.495. The molecule has 3 rings (SSSR count). The standard InChI is InChI=1S/C24H24BrFN2O4S/c1-2-32-22-11-9-21(10-12-22)28(33(30,31)23-13-5-19(25)6-14-23)17-24(29)27-16-15-18-3-7-20(26)8-4-18/h3-14H,2,15-17H2,1H3,(H,27,29). The van der Waals surface area contributed by atoms with E-state index in [1.165, 1.54) is 24.3 Å². The molecule has 0 aromatic heterocycles. The second-order valence-corrected chi connectivity index (χ2v) is 9.90. The van der Waals surface area contributed by atoms with Crippen LogP contribution in [0.1, 0.15) is 12.5 Å². The van der Waals surface area contributed by atoms with Crippen molar-refractivity contribution in [3.05, 3.63) is 88.6 Å². The zero-order chi connectivity index (χ0) is 23.8. The van der Waals surface area contributed by atoms with Crippen molar-refractivity contribution in [2.24, 2.45) is 0 Å². The number of benzene rings is 3. The quantitative estimate of drug-likeness (QED) is 0.414. The van der Waals surface area contributed by atoms with E-state index in [2.05, 4.69) is 21.2 Å². The van der Waals surface area contributed by atoms with Gasteiger partial charge in [-0.05, 0) is 79.6 Å². The van der Waals surface area contributed by atoms with E-state index in [9.17, 15) is 17.6 Å². The van der Waals surface area contributed by atoms with Gasteiger partial charge >= 0.3 is 0 Å². The number of nitrogens with one attached hydrogen (secondary N) is 1. The number of amides is 1. The maximum atomic E-state index is 13.4. The van der Waals surface area contributed by atoms with Gasteiger partial charge in [0.2, 0.25) is 5.91 Å². The van der Waals surface area contributed by atoms with Gasteiger partial charge in [-0.25, -0.2) is 12.8 Å². The summed E-state index contributed by atoms with van der Waals surface area (Å²) in [4.78, 5) is 12.7. The minimum Gasteiger partial charge on any atom is -0.494 e. The molecule has 3 aromatic carbocycles. The van der Waals surface area contributed by atoms with Gasteiger partial charge in [0.1, 0.15) is 18.1 Å². The van der Waals surface area contributed by atoms with Gasteiger partial charge in [-0.15, -0.1) is 0 Å². The lowest BCUT2D eigenvalue weighted by atomic mass is 10.1. The number of sulfonamides is 1. The van der Waals surface area contributed by atoms with E-state index < -0.39 is 22.5 Å². The first-order valence-electron chi connectivity index (χ1n) is 10.3. The Bertz CT molecular complexity index is 1170. The third-order valence-electron chi connectivity index (χ3n) is 4.77. The van der Waals surface area contributed by atoms with Crippen molar-refractivity contribution in [2.45, 2.75) is 18.2 Å². The molecule has 0 aliphatic rings. The average Bonchev–Trinajstić information content (AvgIpc) is 2.80. The lowest BCUT2D eigenvalue weighted by Gasteiger charge is -2.24. The SMILES string of the molecule is CCOc1ccc(N(CC(=O)NCCc2ccc(F)cc2)S(=O)(=O)c2ccc(Br)cc2)cc1. The summed E-state index contributed by atoms with van der Waals surface area (Å²) >= 11 is 3.30. The molecular formula is C24H24BrFN2O4S. The van der Waals surface area contributed by atoms with Crippen LogP contribution in [0.25, 0.3) is 0 Å². The highest BCUT2D eigenvalue weighted by Gasteiger charge is 2.27. The first-order chi connectivity index (χ1) is 15.8. The van der Waals surface area contributed by atoms with Gasteiger partial charge in [0, 0.05) is 11.0 Å². The maximum Gasteiger partial charge on any atom is 0.264 e. The van der Waals surface area contributed by atoms with Crippen LogP contribution in [0.3, 0.4) is 0 Å². The van der Waals surface area contributed by atoms with Crippen LogP contribution in [-0.4, -0.2) is 34.0 Å². The fourth-order valence-electron chi connectivity index (χ4n) is 3.11. The molecule has 0 aliphatic carbocycles. The normalized spacial score (nSPS) is 11.1. The highest BCUT2D eigenvalue weighted by atomic mass is 79.9. The molecule has 0 atom stereocenters. The number of hydrogen-bond acceptors (Lipinski definition) is 4. The molecule has 6 nitrogen and oxygen atoms in total. The fourth-order valence-corrected chi connectivity index (χ4v) is 4.79. The Hall–Kier alpha value is -2.91. The second kappa shape index (κ2) is 11.3. The molecule has 0 saturated heterocycles. The number of halogens is 2. The molecule has 0 unspecified atom stereocenters. The summed E-state index contributed by atoms with van der Waals surface area (Å²) in [6.45, 7) is 2.24. The predicted molar refractivity (Wildman–Crippen MR) is 129 cm³/mol. The van der Waals surface area contributed by atoms with Gasteiger partial charge in [0.25, 0.3) is 10.0 Å². The Balaban J connectivity index is 1.78. The van der Waals surface area contributed by atoms with E-state index in [-0.39, 0.29) is 10.7 Å². The van der Waals surface area contributed by atoms with Gasteiger partial charge in [-0.3, -0.25) is 9.10 Å². The Morgan fingerprint density at radius 3 is 2.24 bits per heavy atom. The van der Waals surface area contributed by atoms with Crippen LogP contribution in [0.5, 0.6) is 5.75 Å². The molecule has 0 heterocycles. The molecule has 174 valence electrons. The monoisotopic (exact) mass is 534 g/mol. The van der Waals surface area contributed by atoms with Gasteiger partial charge in [-0.2, -0.15) is 0 Å². The molecule has 0 fully saturated rings. The van der Waals surface area contributed by atoms with Crippen LogP contribution in [0.15, 0.2) is 82.2 Å². The van der Waals surface area contributed by atoms with Crippen molar-refractivity contribution in [1.29, 1.82) is 0 Å². The van der Waals surface area contributed by atoms with Crippen molar-refractivity contribution in [1.82, 2.24) is 5.32 Å². The zero-order valence-corrected chi connectivity index (χ0v) is 20.4. The van der Waals surface area contributed by atoms with Crippen molar-refractivity contribution >= 4 is 37.5 Å². The Kier molecular flexibility index (Phi) is 8.46. The van der Waals surface area contributed by atoms with E-state index in [1.54, 1.807) is 48.5 Å². The smallest absolute Gasteiger partial charge is 0.264 e. The number of anilines is 1. The molecule has 9 heteroatoms. The Morgan fingerprint density at radius 1 is 1.00 bits per heavy atom. The van der Waals surface area contributed by atoms with Gasteiger partial charge in [-0.1, -0.05) is 28.1 Å². The summed E-state index contributed by atoms with van der Waals surface area (Å²) in [7, 11) is -4.00. The third kappa shape index (κ3) is 6.79. The number of nitrogens with zero attached hydrogens (tertiary/aromatic N) is 1. The molecule has 0 spiro atoms. The second-order valence-electron chi connectivity index (χ2n) is 7.12. The summed E-state index contributed by atoms with van der Waals surface area (Å²) < 4.78 is 47.0. The average molecular weight is 535 g/mol. The van der Waals surface area contributed by atoms with Crippen LogP contribution >= 0.6 is 15.9 Å². The zero-order valence-electron chi connectivity index (χ0n) is 18.0. The Morgan fingerprint density at radius 2 is 1.64 bits per heavy atom. The molecule has 1 amide bonds. The van der Waals surface area contributed by atoms with Gasteiger partial charge in [0.05, 0.1) is 17.2 Å². The van der Waals surface area contributed by atoms with Crippen molar-refractivity contribution in [2.75, 3.05) is 24.0 Å². The summed E-state index contributed by atoms with van der Waals surface area (Å²) in [5, 5.41) is 2.74. The largest absolute Gasteiger partial charge is 0.494 e. The summed E-state index contributed by atoms with van der Waals surface area (Å²) in [6, 6.07) is 18.8. The molecule has 0 aliphatic heterocycles. The molecule has 3 aromatic rings. The maximum absolute atomic E-state index is 13.4. The lowest BCUT2D eigenvalue weighted by Crippen LogP contribution is -2.41. The summed E-state index contributed by atoms with van der Waals surface area (Å²) in [5.41, 5.74) is 1.21. The molecule has 33 heavy (non-hydrogen) atoms. The van der Waals surface area contributed by atoms with Crippen LogP contribution in [0.4, 0.5) is 10.1 Å². The van der Waals surface area contributed by atoms with Crippen molar-refractivity contribution in [3.8, 4) is 5.75 Å². The number of carbonyl (C=O) groups excluding carboxylic acids is 1. The molecule has 0 radical (unpaired) electrons. The number of ether oxygens (including phenoxy) is 1. The van der Waals surface area contributed by atoms with E-state index in [0.29, 0.717) is 31.0 Å². The fraction of sp³-hybridized carbons (Fsp3) is 0.208. The van der Waals surface area contributed by atoms with Crippen LogP contribution in [0, 0.1) is 5.82 Å². The molecule has 0 saturated carbocycles. The third-order valence-corrected chi connectivity index (χ3v) is 7.09. The summed E-state index contributed by atoms with van der Waals surface area (Å²) in [5.74, 6) is -0.176. The van der Waals surface area contributed by atoms with E-state index >= 15 is 0 Å². The van der Waals surface area contributed by atoms with Gasteiger partial charge in [0.15, 0.2) is 0 Å². The molecule has 1 N–H and O–H groups in total. The minimum atomic E-state index is -4.00. The van der Waals surface area contributed by atoms with Crippen LogP contribution < -0.4 is 14.4 Å². The van der Waals surface area contributed by atoms with Crippen LogP contribution in [-0.2, 0) is 21.2 Å². The van der Waals surface area contributed by atoms with E-state index in [1.807, 2.05) is 6.92 Å². The van der Waals surface area contributed by atoms with E-state index in [0.717, 1.165) is 14.3 Å².